The first-order chi connectivity index (χ1) is 8.91. The molecule has 0 saturated carbocycles. The predicted octanol–water partition coefficient (Wildman–Crippen LogP) is 4.87. The molecule has 1 aliphatic rings. The smallest absolute Gasteiger partial charge is 0.147 e. The number of nitrogens with two attached hydrogens (primary N) is 1. The minimum atomic E-state index is -0.402. The number of hydrogen-bond donors (Lipinski definition) is 1. The first-order valence-corrected chi connectivity index (χ1v) is 9.24. The normalized spacial score (nSPS) is 29.3. The van der Waals surface area contributed by atoms with E-state index in [-0.39, 0.29) is 16.3 Å². The summed E-state index contributed by atoms with van der Waals surface area (Å²) < 4.78 is 14.7. The Labute approximate surface area is 135 Å². The van der Waals surface area contributed by atoms with Crippen molar-refractivity contribution >= 4 is 51.1 Å². The largest absolute Gasteiger partial charge is 0.323 e. The maximum atomic E-state index is 14.2. The molecule has 4 unspecified atom stereocenters. The van der Waals surface area contributed by atoms with E-state index in [4.69, 9.17) is 17.3 Å². The molecule has 2 rings (SSSR count). The molecule has 4 atom stereocenters. The van der Waals surface area contributed by atoms with Crippen LogP contribution in [-0.4, -0.2) is 21.5 Å². The van der Waals surface area contributed by atoms with Gasteiger partial charge in [-0.1, -0.05) is 31.5 Å². The van der Waals surface area contributed by atoms with Crippen molar-refractivity contribution in [2.75, 3.05) is 5.75 Å². The molecule has 19 heavy (non-hydrogen) atoms. The van der Waals surface area contributed by atoms with Crippen LogP contribution in [0.25, 0.3) is 0 Å². The third kappa shape index (κ3) is 3.43. The van der Waals surface area contributed by atoms with Gasteiger partial charge in [0.15, 0.2) is 0 Å². The first kappa shape index (κ1) is 16.0. The molecule has 1 fully saturated rings. The third-order valence-corrected chi connectivity index (χ3v) is 8.17. The Morgan fingerprint density at radius 3 is 2.74 bits per heavy atom. The number of halogens is 3. The Hall–Kier alpha value is 0.580. The highest BCUT2D eigenvalue weighted by atomic mass is 79.9. The number of rotatable bonds is 2. The number of hydrogen-bond acceptors (Lipinski definition) is 3. The van der Waals surface area contributed by atoms with Gasteiger partial charge in [0.25, 0.3) is 0 Å². The monoisotopic (exact) mass is 383 g/mol. The first-order valence-electron chi connectivity index (χ1n) is 6.08. The summed E-state index contributed by atoms with van der Waals surface area (Å²) in [5, 5.41) is 1.49. The van der Waals surface area contributed by atoms with E-state index in [1.165, 1.54) is 0 Å². The van der Waals surface area contributed by atoms with E-state index in [2.05, 4.69) is 29.8 Å². The molecule has 1 saturated heterocycles. The van der Waals surface area contributed by atoms with Gasteiger partial charge in [-0.3, -0.25) is 0 Å². The molecule has 1 aromatic rings. The minimum absolute atomic E-state index is 0.114. The van der Waals surface area contributed by atoms with E-state index in [1.54, 1.807) is 12.1 Å². The lowest BCUT2D eigenvalue weighted by Gasteiger charge is -2.34. The van der Waals surface area contributed by atoms with Crippen molar-refractivity contribution in [3.05, 3.63) is 33.0 Å². The van der Waals surface area contributed by atoms with Crippen molar-refractivity contribution in [3.63, 3.8) is 0 Å². The molecule has 1 nitrogen and oxygen atoms in total. The fourth-order valence-corrected chi connectivity index (χ4v) is 5.51. The van der Waals surface area contributed by atoms with Gasteiger partial charge in [0.2, 0.25) is 0 Å². The van der Waals surface area contributed by atoms with Crippen LogP contribution in [0.15, 0.2) is 16.6 Å². The van der Waals surface area contributed by atoms with E-state index in [0.29, 0.717) is 20.5 Å². The Balaban J connectivity index is 2.20. The van der Waals surface area contributed by atoms with Crippen molar-refractivity contribution in [1.82, 2.24) is 0 Å². The molecule has 2 N–H and O–H groups in total. The second kappa shape index (κ2) is 6.56. The van der Waals surface area contributed by atoms with Crippen molar-refractivity contribution in [3.8, 4) is 0 Å². The van der Waals surface area contributed by atoms with Crippen LogP contribution >= 0.6 is 51.1 Å². The van der Waals surface area contributed by atoms with Gasteiger partial charge in [-0.15, -0.1) is 0 Å². The summed E-state index contributed by atoms with van der Waals surface area (Å²) in [6.07, 6.45) is 0. The molecule has 1 heterocycles. The van der Waals surface area contributed by atoms with E-state index >= 15 is 0 Å². The molecular formula is C13H16BrClFNS2. The van der Waals surface area contributed by atoms with Crippen molar-refractivity contribution < 1.29 is 4.39 Å². The van der Waals surface area contributed by atoms with Crippen molar-refractivity contribution in [2.24, 2.45) is 5.73 Å². The minimum Gasteiger partial charge on any atom is -0.323 e. The Morgan fingerprint density at radius 2 is 2.11 bits per heavy atom. The van der Waals surface area contributed by atoms with Crippen LogP contribution in [0.2, 0.25) is 5.02 Å². The summed E-state index contributed by atoms with van der Waals surface area (Å²) in [7, 11) is 0. The van der Waals surface area contributed by atoms with Gasteiger partial charge < -0.3 is 5.73 Å². The fraction of sp³-hybridized carbons (Fsp3) is 0.538. The van der Waals surface area contributed by atoms with E-state index < -0.39 is 5.82 Å². The zero-order valence-corrected chi connectivity index (χ0v) is 14.7. The maximum absolute atomic E-state index is 14.2. The molecular weight excluding hydrogens is 369 g/mol. The van der Waals surface area contributed by atoms with Crippen LogP contribution in [0, 0.1) is 5.82 Å². The Morgan fingerprint density at radius 1 is 1.42 bits per heavy atom. The van der Waals surface area contributed by atoms with Crippen LogP contribution in [-0.2, 0) is 0 Å². The molecule has 0 amide bonds. The lowest BCUT2D eigenvalue weighted by Crippen LogP contribution is -2.34. The molecule has 0 aliphatic carbocycles. The lowest BCUT2D eigenvalue weighted by molar-refractivity contribution is 0.579. The third-order valence-electron chi connectivity index (χ3n) is 3.40. The highest BCUT2D eigenvalue weighted by Gasteiger charge is 2.31. The second-order valence-corrected chi connectivity index (χ2v) is 8.97. The molecule has 6 heteroatoms. The van der Waals surface area contributed by atoms with Crippen molar-refractivity contribution in [2.45, 2.75) is 35.6 Å². The quantitative estimate of drug-likeness (QED) is 0.737. The average molecular weight is 385 g/mol. The van der Waals surface area contributed by atoms with E-state index in [9.17, 15) is 4.39 Å². The molecule has 1 aromatic carbocycles. The zero-order valence-electron chi connectivity index (χ0n) is 10.7. The summed E-state index contributed by atoms with van der Waals surface area (Å²) in [6.45, 7) is 4.42. The van der Waals surface area contributed by atoms with Gasteiger partial charge in [0.05, 0.1) is 5.02 Å². The van der Waals surface area contributed by atoms with Crippen LogP contribution < -0.4 is 5.73 Å². The van der Waals surface area contributed by atoms with Gasteiger partial charge in [-0.05, 0) is 22.0 Å². The fourth-order valence-electron chi connectivity index (χ4n) is 1.99. The topological polar surface area (TPSA) is 26.0 Å². The number of benzene rings is 1. The standard InChI is InChI=1S/C13H16BrClFNS2/c1-6-7(2)19-10(5-18-6)13(17)8-3-4-9(14)11(15)12(8)16/h3-4,6-7,10,13H,5,17H2,1-2H3. The van der Waals surface area contributed by atoms with Crippen LogP contribution in [0.5, 0.6) is 0 Å². The SMILES string of the molecule is CC1SCC(C(N)c2ccc(Br)c(Cl)c2F)SC1C. The van der Waals surface area contributed by atoms with Crippen LogP contribution in [0.3, 0.4) is 0 Å². The second-order valence-electron chi connectivity index (χ2n) is 4.71. The summed E-state index contributed by atoms with van der Waals surface area (Å²) in [6, 6.07) is 3.16. The van der Waals surface area contributed by atoms with E-state index in [0.717, 1.165) is 5.75 Å². The summed E-state index contributed by atoms with van der Waals surface area (Å²) in [5.41, 5.74) is 6.76. The summed E-state index contributed by atoms with van der Waals surface area (Å²) in [5.74, 6) is 0.546. The zero-order chi connectivity index (χ0) is 14.2. The van der Waals surface area contributed by atoms with Crippen LogP contribution in [0.1, 0.15) is 25.5 Å². The lowest BCUT2D eigenvalue weighted by atomic mass is 10.0. The average Bonchev–Trinajstić information content (AvgIpc) is 2.39. The molecule has 106 valence electrons. The van der Waals surface area contributed by atoms with E-state index in [1.807, 2.05) is 23.5 Å². The molecule has 0 bridgehead atoms. The molecule has 0 spiro atoms. The number of thioether (sulfide) groups is 2. The van der Waals surface area contributed by atoms with Gasteiger partial charge in [-0.2, -0.15) is 23.5 Å². The van der Waals surface area contributed by atoms with Gasteiger partial charge in [0.1, 0.15) is 5.82 Å². The van der Waals surface area contributed by atoms with Gasteiger partial charge in [0, 0.05) is 37.6 Å². The van der Waals surface area contributed by atoms with Crippen LogP contribution in [0.4, 0.5) is 4.39 Å². The Kier molecular flexibility index (Phi) is 5.51. The van der Waals surface area contributed by atoms with Gasteiger partial charge in [-0.25, -0.2) is 4.39 Å². The molecule has 0 radical (unpaired) electrons. The maximum Gasteiger partial charge on any atom is 0.147 e. The highest BCUT2D eigenvalue weighted by molar-refractivity contribution is 9.10. The summed E-state index contributed by atoms with van der Waals surface area (Å²) >= 11 is 12.9. The van der Waals surface area contributed by atoms with Gasteiger partial charge >= 0.3 is 0 Å². The van der Waals surface area contributed by atoms with Crippen molar-refractivity contribution in [1.29, 1.82) is 0 Å². The summed E-state index contributed by atoms with van der Waals surface area (Å²) in [4.78, 5) is 0. The molecule has 1 aliphatic heterocycles. The predicted molar refractivity (Wildman–Crippen MR) is 88.8 cm³/mol. The Bertz CT molecular complexity index is 474. The molecule has 0 aromatic heterocycles. The highest BCUT2D eigenvalue weighted by Crippen LogP contribution is 2.41.